The minimum atomic E-state index is -8.62. The number of aromatic nitrogens is 1. The molecular weight excluding hydrogens is 604 g/mol. The van der Waals surface area contributed by atoms with Crippen molar-refractivity contribution in [2.75, 3.05) is 11.9 Å². The van der Waals surface area contributed by atoms with Crippen LogP contribution in [-0.4, -0.2) is 71.4 Å². The van der Waals surface area contributed by atoms with Crippen LogP contribution in [0.1, 0.15) is 22.3 Å². The van der Waals surface area contributed by atoms with Crippen LogP contribution in [0.15, 0.2) is 0 Å². The number of ether oxygens (including phenoxy) is 1. The first kappa shape index (κ1) is 33.5. The van der Waals surface area contributed by atoms with Gasteiger partial charge in [0.1, 0.15) is 4.88 Å². The maximum absolute atomic E-state index is 13.9. The Balaban J connectivity index is 3.50. The summed E-state index contributed by atoms with van der Waals surface area (Å²) >= 11 is -0.116. The molecule has 1 rings (SSSR count). The topological polar surface area (TPSA) is 68.3 Å². The molecule has 0 unspecified atom stereocenters. The van der Waals surface area contributed by atoms with Crippen LogP contribution in [0.4, 0.5) is 75.4 Å². The zero-order chi connectivity index (χ0) is 30.5. The Morgan fingerprint density at radius 2 is 1.24 bits per heavy atom. The van der Waals surface area contributed by atoms with Crippen molar-refractivity contribution in [3.63, 3.8) is 0 Å². The summed E-state index contributed by atoms with van der Waals surface area (Å²) in [6.45, 7) is 1.94. The minimum Gasteiger partial charge on any atom is -0.462 e. The summed E-state index contributed by atoms with van der Waals surface area (Å²) in [5.74, 6) is -61.7. The molecule has 1 N–H and O–H groups in total. The summed E-state index contributed by atoms with van der Waals surface area (Å²) in [5, 5.41) is -0.593. The van der Waals surface area contributed by atoms with Gasteiger partial charge in [-0.3, -0.25) is 10.1 Å². The highest BCUT2D eigenvalue weighted by atomic mass is 32.1. The van der Waals surface area contributed by atoms with Gasteiger partial charge in [-0.05, 0) is 13.8 Å². The van der Waals surface area contributed by atoms with Gasteiger partial charge in [-0.2, -0.15) is 61.5 Å². The van der Waals surface area contributed by atoms with E-state index in [1.165, 1.54) is 6.92 Å². The van der Waals surface area contributed by atoms with Crippen LogP contribution >= 0.6 is 11.3 Å². The molecule has 0 aliphatic heterocycles. The maximum Gasteiger partial charge on any atom is 0.393 e. The van der Waals surface area contributed by atoms with Crippen molar-refractivity contribution in [1.29, 1.82) is 0 Å². The van der Waals surface area contributed by atoms with E-state index in [4.69, 9.17) is 0 Å². The van der Waals surface area contributed by atoms with E-state index in [0.717, 1.165) is 6.92 Å². The number of anilines is 1. The molecule has 1 heterocycles. The fraction of sp³-hybridized carbons (Fsp3) is 0.688. The van der Waals surface area contributed by atoms with Crippen LogP contribution < -0.4 is 5.32 Å². The van der Waals surface area contributed by atoms with Gasteiger partial charge in [0.15, 0.2) is 5.13 Å². The SMILES string of the molecule is CCOC(=O)c1sc(NC(=O)C(F)(F)C(F)(F)C(F)(F)C(F)(F)C(F)(F)C(F)(F)C(F)(F)C(F)F)nc1C. The quantitative estimate of drug-likeness (QED) is 0.236. The lowest BCUT2D eigenvalue weighted by atomic mass is 9.89. The van der Waals surface area contributed by atoms with Crippen LogP contribution in [0.2, 0.25) is 0 Å². The number of nitrogens with zero attached hydrogens (tertiary/aromatic N) is 1. The first-order valence-corrected chi connectivity index (χ1v) is 9.90. The minimum absolute atomic E-state index is 0.116. The molecule has 0 radical (unpaired) electrons. The molecule has 0 saturated carbocycles. The molecule has 0 fully saturated rings. The molecule has 22 heteroatoms. The Kier molecular flexibility index (Phi) is 8.71. The molecule has 0 atom stereocenters. The lowest BCUT2D eigenvalue weighted by Gasteiger charge is -2.42. The summed E-state index contributed by atoms with van der Waals surface area (Å²) < 4.78 is 218. The van der Waals surface area contributed by atoms with Crippen molar-refractivity contribution >= 4 is 28.3 Å². The largest absolute Gasteiger partial charge is 0.462 e. The van der Waals surface area contributed by atoms with E-state index in [9.17, 15) is 79.8 Å². The number of hydrogen-bond donors (Lipinski definition) is 1. The van der Waals surface area contributed by atoms with E-state index in [2.05, 4.69) is 9.72 Å². The molecule has 5 nitrogen and oxygen atoms in total. The van der Waals surface area contributed by atoms with Gasteiger partial charge in [0, 0.05) is 0 Å². The number of nitrogens with one attached hydrogen (secondary N) is 1. The Hall–Kier alpha value is -2.55. The Bertz CT molecular complexity index is 1060. The first-order valence-electron chi connectivity index (χ1n) is 9.08. The smallest absolute Gasteiger partial charge is 0.393 e. The van der Waals surface area contributed by atoms with Crippen molar-refractivity contribution in [1.82, 2.24) is 4.98 Å². The number of carbonyl (C=O) groups excluding carboxylic acids is 2. The van der Waals surface area contributed by atoms with Crippen LogP contribution in [0.25, 0.3) is 0 Å². The van der Waals surface area contributed by atoms with Crippen LogP contribution in [0.3, 0.4) is 0 Å². The van der Waals surface area contributed by atoms with E-state index in [0.29, 0.717) is 5.32 Å². The van der Waals surface area contributed by atoms with E-state index < -0.39 is 75.5 Å². The maximum atomic E-state index is 13.9. The van der Waals surface area contributed by atoms with Gasteiger partial charge in [-0.1, -0.05) is 11.3 Å². The first-order chi connectivity index (χ1) is 16.7. The fourth-order valence-corrected chi connectivity index (χ4v) is 3.14. The second kappa shape index (κ2) is 9.88. The number of amides is 1. The van der Waals surface area contributed by atoms with Gasteiger partial charge in [-0.15, -0.1) is 0 Å². The third kappa shape index (κ3) is 4.71. The summed E-state index contributed by atoms with van der Waals surface area (Å²) in [6.07, 6.45) is -5.96. The Morgan fingerprint density at radius 3 is 1.66 bits per heavy atom. The van der Waals surface area contributed by atoms with E-state index >= 15 is 0 Å². The molecule has 0 aromatic carbocycles. The molecule has 0 aliphatic rings. The predicted molar refractivity (Wildman–Crippen MR) is 92.1 cm³/mol. The number of rotatable bonds is 11. The van der Waals surface area contributed by atoms with Gasteiger partial charge in [0.05, 0.1) is 12.3 Å². The van der Waals surface area contributed by atoms with Crippen LogP contribution in [-0.2, 0) is 9.53 Å². The number of thiazole rings is 1. The standard InChI is InChI=1S/C16H10F16N2O3S/c1-3-37-6(35)5-4(2)33-9(38-5)34-8(36)11(21,22)13(25,26)15(29,30)16(31,32)14(27,28)12(23,24)10(19,20)7(17)18/h7H,3H2,1-2H3,(H,33,34,36). The van der Waals surface area contributed by atoms with E-state index in [1.807, 2.05) is 0 Å². The Morgan fingerprint density at radius 1 is 0.816 bits per heavy atom. The molecule has 0 saturated heterocycles. The fourth-order valence-electron chi connectivity index (χ4n) is 2.29. The molecular formula is C16H10F16N2O3S. The third-order valence-corrected chi connectivity index (χ3v) is 5.48. The van der Waals surface area contributed by atoms with Crippen LogP contribution in [0, 0.1) is 6.92 Å². The number of carbonyl (C=O) groups is 2. The molecule has 220 valence electrons. The highest BCUT2D eigenvalue weighted by molar-refractivity contribution is 7.17. The summed E-state index contributed by atoms with van der Waals surface area (Å²) in [6, 6.07) is 0. The number of aryl methyl sites for hydroxylation is 1. The number of hydrogen-bond acceptors (Lipinski definition) is 5. The van der Waals surface area contributed by atoms with Gasteiger partial charge >= 0.3 is 59.8 Å². The van der Waals surface area contributed by atoms with Crippen molar-refractivity contribution in [2.24, 2.45) is 0 Å². The van der Waals surface area contributed by atoms with Gasteiger partial charge in [0.2, 0.25) is 0 Å². The highest BCUT2D eigenvalue weighted by Crippen LogP contribution is 2.62. The number of halogens is 16. The lowest BCUT2D eigenvalue weighted by Crippen LogP contribution is -2.74. The normalized spacial score (nSPS) is 14.6. The second-order valence-corrected chi connectivity index (χ2v) is 7.98. The summed E-state index contributed by atoms with van der Waals surface area (Å²) in [5.41, 5.74) is -0.447. The van der Waals surface area contributed by atoms with Crippen molar-refractivity contribution in [3.8, 4) is 0 Å². The predicted octanol–water partition coefficient (Wildman–Crippen LogP) is 6.28. The lowest BCUT2D eigenvalue weighted by molar-refractivity contribution is -0.443. The van der Waals surface area contributed by atoms with E-state index in [1.54, 1.807) is 0 Å². The number of alkyl halides is 16. The highest BCUT2D eigenvalue weighted by Gasteiger charge is 2.94. The van der Waals surface area contributed by atoms with Gasteiger partial charge in [0.25, 0.3) is 0 Å². The monoisotopic (exact) mass is 614 g/mol. The zero-order valence-electron chi connectivity index (χ0n) is 17.9. The molecule has 0 bridgehead atoms. The summed E-state index contributed by atoms with van der Waals surface area (Å²) in [7, 11) is 0. The molecule has 1 amide bonds. The molecule has 1 aromatic rings. The van der Waals surface area contributed by atoms with Crippen molar-refractivity contribution in [2.45, 2.75) is 61.7 Å². The molecule has 38 heavy (non-hydrogen) atoms. The second-order valence-electron chi connectivity index (χ2n) is 6.98. The van der Waals surface area contributed by atoms with Gasteiger partial charge < -0.3 is 4.74 Å². The molecule has 0 aliphatic carbocycles. The number of esters is 1. The zero-order valence-corrected chi connectivity index (χ0v) is 18.7. The third-order valence-electron chi connectivity index (χ3n) is 4.43. The average Bonchev–Trinajstić information content (AvgIpc) is 3.12. The Labute approximate surface area is 203 Å². The molecule has 0 spiro atoms. The molecule has 1 aromatic heterocycles. The van der Waals surface area contributed by atoms with E-state index in [-0.39, 0.29) is 17.9 Å². The summed E-state index contributed by atoms with van der Waals surface area (Å²) in [4.78, 5) is 25.7. The van der Waals surface area contributed by atoms with Crippen molar-refractivity contribution < 1.29 is 84.6 Å². The average molecular weight is 614 g/mol. The van der Waals surface area contributed by atoms with Crippen LogP contribution in [0.5, 0.6) is 0 Å². The van der Waals surface area contributed by atoms with Crippen molar-refractivity contribution in [3.05, 3.63) is 10.6 Å². The van der Waals surface area contributed by atoms with Gasteiger partial charge in [-0.25, -0.2) is 18.6 Å².